The van der Waals surface area contributed by atoms with Gasteiger partial charge in [-0.2, -0.15) is 0 Å². The highest BCUT2D eigenvalue weighted by molar-refractivity contribution is 6.17. The van der Waals surface area contributed by atoms with Gasteiger partial charge in [0.2, 0.25) is 5.89 Å². The van der Waals surface area contributed by atoms with Gasteiger partial charge in [-0.25, -0.2) is 4.98 Å². The van der Waals surface area contributed by atoms with Gasteiger partial charge in [-0.05, 0) is 48.5 Å². The lowest BCUT2D eigenvalue weighted by Crippen LogP contribution is -2.10. The van der Waals surface area contributed by atoms with Gasteiger partial charge in [0.1, 0.15) is 16.8 Å². The summed E-state index contributed by atoms with van der Waals surface area (Å²) in [6, 6.07) is 40.7. The fourth-order valence-electron chi connectivity index (χ4n) is 4.69. The van der Waals surface area contributed by atoms with Crippen LogP contribution in [0.3, 0.4) is 0 Å². The average molecular weight is 453 g/mol. The van der Waals surface area contributed by atoms with Crippen LogP contribution in [0.15, 0.2) is 130 Å². The van der Waals surface area contributed by atoms with Crippen molar-refractivity contribution < 1.29 is 8.83 Å². The van der Waals surface area contributed by atoms with E-state index in [1.54, 1.807) is 0 Å². The van der Waals surface area contributed by atoms with Gasteiger partial charge in [0.05, 0.1) is 0 Å². The molecule has 0 radical (unpaired) electrons. The lowest BCUT2D eigenvalue weighted by molar-refractivity contribution is 0.618. The lowest BCUT2D eigenvalue weighted by atomic mass is 10.1. The maximum atomic E-state index is 6.50. The third kappa shape index (κ3) is 3.19. The van der Waals surface area contributed by atoms with Crippen molar-refractivity contribution in [3.05, 3.63) is 121 Å². The normalized spacial score (nSPS) is 11.4. The zero-order valence-corrected chi connectivity index (χ0v) is 18.8. The minimum absolute atomic E-state index is 0.583. The molecular formula is C31H20N2O2. The lowest BCUT2D eigenvalue weighted by Gasteiger charge is -2.25. The number of benzene rings is 5. The molecule has 166 valence electrons. The van der Waals surface area contributed by atoms with Crippen molar-refractivity contribution >= 4 is 50.1 Å². The van der Waals surface area contributed by atoms with Crippen LogP contribution in [0.4, 0.5) is 17.1 Å². The van der Waals surface area contributed by atoms with Crippen LogP contribution in [0.25, 0.3) is 44.5 Å². The Kier molecular flexibility index (Phi) is 4.42. The second-order valence-corrected chi connectivity index (χ2v) is 8.44. The summed E-state index contributed by atoms with van der Waals surface area (Å²) in [6.07, 6.45) is 0. The van der Waals surface area contributed by atoms with Crippen LogP contribution < -0.4 is 4.90 Å². The van der Waals surface area contributed by atoms with Gasteiger partial charge in [-0.1, -0.05) is 72.8 Å². The van der Waals surface area contributed by atoms with Crippen molar-refractivity contribution in [1.82, 2.24) is 4.98 Å². The van der Waals surface area contributed by atoms with Crippen LogP contribution in [0.1, 0.15) is 0 Å². The maximum Gasteiger partial charge on any atom is 0.227 e. The Morgan fingerprint density at radius 1 is 0.543 bits per heavy atom. The van der Waals surface area contributed by atoms with Crippen LogP contribution in [0, 0.1) is 0 Å². The van der Waals surface area contributed by atoms with Gasteiger partial charge in [-0.15, -0.1) is 0 Å². The van der Waals surface area contributed by atoms with E-state index in [-0.39, 0.29) is 0 Å². The average Bonchev–Trinajstić information content (AvgIpc) is 3.52. The number of para-hydroxylation sites is 3. The van der Waals surface area contributed by atoms with E-state index in [0.717, 1.165) is 50.1 Å². The molecule has 2 aromatic heterocycles. The van der Waals surface area contributed by atoms with Gasteiger partial charge in [-0.3, -0.25) is 0 Å². The molecule has 2 heterocycles. The predicted octanol–water partition coefficient (Wildman–Crippen LogP) is 8.86. The van der Waals surface area contributed by atoms with Crippen molar-refractivity contribution in [2.45, 2.75) is 0 Å². The molecule has 0 bridgehead atoms. The van der Waals surface area contributed by atoms with Crippen molar-refractivity contribution in [2.75, 3.05) is 4.90 Å². The van der Waals surface area contributed by atoms with Crippen LogP contribution >= 0.6 is 0 Å². The molecule has 0 fully saturated rings. The van der Waals surface area contributed by atoms with Crippen LogP contribution in [-0.2, 0) is 0 Å². The maximum absolute atomic E-state index is 6.50. The summed E-state index contributed by atoms with van der Waals surface area (Å²) in [5.41, 5.74) is 6.85. The van der Waals surface area contributed by atoms with E-state index in [0.29, 0.717) is 11.5 Å². The monoisotopic (exact) mass is 452 g/mol. The smallest absolute Gasteiger partial charge is 0.227 e. The molecule has 7 rings (SSSR count). The van der Waals surface area contributed by atoms with Crippen LogP contribution in [-0.4, -0.2) is 4.98 Å². The van der Waals surface area contributed by atoms with Crippen molar-refractivity contribution in [3.8, 4) is 11.5 Å². The highest BCUT2D eigenvalue weighted by Gasteiger charge is 2.26. The summed E-state index contributed by atoms with van der Waals surface area (Å²) < 4.78 is 13.0. The standard InChI is InChI=1S/C31H20N2O2/c1-4-12-21(13-5-1)31-32-26-20-25-24-18-10-11-19-27(24)34-29(25)28(30(26)35-31)33(22-14-6-2-7-15-22)23-16-8-3-9-17-23/h1-20H. The summed E-state index contributed by atoms with van der Waals surface area (Å²) in [5, 5.41) is 2.06. The molecule has 0 saturated carbocycles. The summed E-state index contributed by atoms with van der Waals surface area (Å²) in [5.74, 6) is 0.583. The first-order chi connectivity index (χ1) is 17.4. The second-order valence-electron chi connectivity index (χ2n) is 8.44. The highest BCUT2D eigenvalue weighted by Crippen LogP contribution is 2.47. The van der Waals surface area contributed by atoms with Crippen molar-refractivity contribution in [1.29, 1.82) is 0 Å². The number of hydrogen-bond donors (Lipinski definition) is 0. The number of oxazole rings is 1. The van der Waals surface area contributed by atoms with Gasteiger partial charge in [0, 0.05) is 27.7 Å². The number of nitrogens with zero attached hydrogens (tertiary/aromatic N) is 2. The summed E-state index contributed by atoms with van der Waals surface area (Å²) in [6.45, 7) is 0. The van der Waals surface area contributed by atoms with Gasteiger partial charge >= 0.3 is 0 Å². The summed E-state index contributed by atoms with van der Waals surface area (Å²) in [4.78, 5) is 7.10. The predicted molar refractivity (Wildman–Crippen MR) is 141 cm³/mol. The molecule has 4 heteroatoms. The molecule has 0 spiro atoms. The second kappa shape index (κ2) is 7.89. The molecule has 0 aliphatic heterocycles. The first kappa shape index (κ1) is 19.6. The SMILES string of the molecule is c1ccc(-c2nc3cc4c(oc5ccccc54)c(N(c4ccccc4)c4ccccc4)c3o2)cc1. The Hall–Kier alpha value is -4.83. The number of furan rings is 1. The molecule has 4 nitrogen and oxygen atoms in total. The minimum atomic E-state index is 0.583. The molecule has 5 aromatic carbocycles. The van der Waals surface area contributed by atoms with E-state index in [2.05, 4.69) is 41.3 Å². The van der Waals surface area contributed by atoms with E-state index < -0.39 is 0 Å². The van der Waals surface area contributed by atoms with E-state index in [1.807, 2.05) is 84.9 Å². The summed E-state index contributed by atoms with van der Waals surface area (Å²) >= 11 is 0. The molecule has 0 aliphatic carbocycles. The third-order valence-corrected chi connectivity index (χ3v) is 6.27. The zero-order valence-electron chi connectivity index (χ0n) is 18.8. The van der Waals surface area contributed by atoms with E-state index in [1.165, 1.54) is 0 Å². The quantitative estimate of drug-likeness (QED) is 0.267. The van der Waals surface area contributed by atoms with E-state index in [9.17, 15) is 0 Å². The van der Waals surface area contributed by atoms with Crippen LogP contribution in [0.2, 0.25) is 0 Å². The van der Waals surface area contributed by atoms with Crippen molar-refractivity contribution in [2.24, 2.45) is 0 Å². The Morgan fingerprint density at radius 2 is 1.14 bits per heavy atom. The zero-order chi connectivity index (χ0) is 23.2. The molecular weight excluding hydrogens is 432 g/mol. The number of anilines is 3. The molecule has 0 amide bonds. The molecule has 7 aromatic rings. The molecule has 35 heavy (non-hydrogen) atoms. The first-order valence-corrected chi connectivity index (χ1v) is 11.6. The summed E-state index contributed by atoms with van der Waals surface area (Å²) in [7, 11) is 0. The van der Waals surface area contributed by atoms with E-state index in [4.69, 9.17) is 13.8 Å². The highest BCUT2D eigenvalue weighted by atomic mass is 16.4. The van der Waals surface area contributed by atoms with Crippen LogP contribution in [0.5, 0.6) is 0 Å². The Morgan fingerprint density at radius 3 is 1.83 bits per heavy atom. The first-order valence-electron chi connectivity index (χ1n) is 11.6. The Labute approximate surface area is 201 Å². The molecule has 0 unspecified atom stereocenters. The fraction of sp³-hybridized carbons (Fsp3) is 0. The van der Waals surface area contributed by atoms with E-state index >= 15 is 0 Å². The molecule has 0 saturated heterocycles. The van der Waals surface area contributed by atoms with Gasteiger partial charge in [0.15, 0.2) is 11.2 Å². The molecule has 0 atom stereocenters. The van der Waals surface area contributed by atoms with Gasteiger partial charge in [0.25, 0.3) is 0 Å². The number of aromatic nitrogens is 1. The molecule has 0 aliphatic rings. The fourth-order valence-corrected chi connectivity index (χ4v) is 4.69. The number of rotatable bonds is 4. The number of fused-ring (bicyclic) bond motifs is 4. The topological polar surface area (TPSA) is 42.4 Å². The molecule has 0 N–H and O–H groups in total. The third-order valence-electron chi connectivity index (χ3n) is 6.27. The Balaban J connectivity index is 1.62. The minimum Gasteiger partial charge on any atom is -0.454 e. The number of hydrogen-bond acceptors (Lipinski definition) is 4. The van der Waals surface area contributed by atoms with Crippen molar-refractivity contribution in [3.63, 3.8) is 0 Å². The van der Waals surface area contributed by atoms with Gasteiger partial charge < -0.3 is 13.7 Å². The largest absolute Gasteiger partial charge is 0.454 e. The Bertz CT molecular complexity index is 1750.